The van der Waals surface area contributed by atoms with Crippen LogP contribution in [-0.4, -0.2) is 31.0 Å². The van der Waals surface area contributed by atoms with Crippen LogP contribution in [-0.2, 0) is 0 Å². The number of carbonyl (C=O) groups is 1. The lowest BCUT2D eigenvalue weighted by Crippen LogP contribution is -2.35. The van der Waals surface area contributed by atoms with Crippen molar-refractivity contribution in [3.05, 3.63) is 29.8 Å². The van der Waals surface area contributed by atoms with Crippen LogP contribution in [0, 0.1) is 5.92 Å². The van der Waals surface area contributed by atoms with Crippen molar-refractivity contribution in [1.82, 2.24) is 4.90 Å². The fourth-order valence-electron chi connectivity index (χ4n) is 2.21. The maximum Gasteiger partial charge on any atom is 0.257 e. The van der Waals surface area contributed by atoms with Crippen molar-refractivity contribution in [2.24, 2.45) is 5.92 Å². The Morgan fingerprint density at radius 2 is 1.84 bits per heavy atom. The number of ether oxygens (including phenoxy) is 1. The Labute approximate surface area is 116 Å². The third-order valence-electron chi connectivity index (χ3n) is 3.64. The Morgan fingerprint density at radius 1 is 1.21 bits per heavy atom. The van der Waals surface area contributed by atoms with Gasteiger partial charge in [-0.25, -0.2) is 0 Å². The minimum Gasteiger partial charge on any atom is -0.496 e. The second-order valence-electron chi connectivity index (χ2n) is 4.73. The first-order valence-corrected chi connectivity index (χ1v) is 7.10. The molecule has 1 aromatic carbocycles. The highest BCUT2D eigenvalue weighted by atomic mass is 16.5. The van der Waals surface area contributed by atoms with Gasteiger partial charge in [0.1, 0.15) is 5.75 Å². The van der Waals surface area contributed by atoms with Crippen molar-refractivity contribution in [3.8, 4) is 5.75 Å². The molecule has 0 saturated heterocycles. The minimum atomic E-state index is 0.0619. The van der Waals surface area contributed by atoms with E-state index in [4.69, 9.17) is 4.74 Å². The summed E-state index contributed by atoms with van der Waals surface area (Å²) in [6, 6.07) is 7.42. The number of carbonyl (C=O) groups excluding carboxylic acids is 1. The normalized spacial score (nSPS) is 10.6. The van der Waals surface area contributed by atoms with Gasteiger partial charge in [0.05, 0.1) is 12.7 Å². The van der Waals surface area contributed by atoms with Crippen LogP contribution in [0.2, 0.25) is 0 Å². The zero-order valence-corrected chi connectivity index (χ0v) is 12.5. The second kappa shape index (κ2) is 7.82. The summed E-state index contributed by atoms with van der Waals surface area (Å²) in [5.41, 5.74) is 0.651. The number of hydrogen-bond acceptors (Lipinski definition) is 2. The van der Waals surface area contributed by atoms with Crippen LogP contribution in [0.15, 0.2) is 24.3 Å². The van der Waals surface area contributed by atoms with E-state index in [0.717, 1.165) is 25.9 Å². The lowest BCUT2D eigenvalue weighted by atomic mass is 10.0. The summed E-state index contributed by atoms with van der Waals surface area (Å²) in [7, 11) is 1.60. The molecule has 106 valence electrons. The zero-order valence-electron chi connectivity index (χ0n) is 12.5. The predicted molar refractivity (Wildman–Crippen MR) is 78.6 cm³/mol. The van der Waals surface area contributed by atoms with E-state index < -0.39 is 0 Å². The largest absolute Gasteiger partial charge is 0.496 e. The van der Waals surface area contributed by atoms with Crippen molar-refractivity contribution in [3.63, 3.8) is 0 Å². The fraction of sp³-hybridized carbons (Fsp3) is 0.562. The highest BCUT2D eigenvalue weighted by Crippen LogP contribution is 2.20. The third kappa shape index (κ3) is 3.98. The number of nitrogens with zero attached hydrogens (tertiary/aromatic N) is 1. The molecule has 0 aliphatic heterocycles. The number of rotatable bonds is 7. The quantitative estimate of drug-likeness (QED) is 0.752. The topological polar surface area (TPSA) is 29.5 Å². The van der Waals surface area contributed by atoms with E-state index in [-0.39, 0.29) is 5.91 Å². The second-order valence-corrected chi connectivity index (χ2v) is 4.73. The average molecular weight is 263 g/mol. The molecule has 1 amide bonds. The molecular formula is C16H25NO2. The van der Waals surface area contributed by atoms with Crippen molar-refractivity contribution >= 4 is 5.91 Å². The monoisotopic (exact) mass is 263 g/mol. The number of amides is 1. The summed E-state index contributed by atoms with van der Waals surface area (Å²) in [6.07, 6.45) is 2.21. The zero-order chi connectivity index (χ0) is 14.3. The molecule has 0 unspecified atom stereocenters. The fourth-order valence-corrected chi connectivity index (χ4v) is 2.21. The molecule has 0 spiro atoms. The van der Waals surface area contributed by atoms with Gasteiger partial charge in [-0.3, -0.25) is 4.79 Å². The first-order valence-electron chi connectivity index (χ1n) is 7.10. The van der Waals surface area contributed by atoms with Gasteiger partial charge in [-0.2, -0.15) is 0 Å². The van der Waals surface area contributed by atoms with Crippen LogP contribution in [0.5, 0.6) is 5.75 Å². The molecule has 19 heavy (non-hydrogen) atoms. The highest BCUT2D eigenvalue weighted by Gasteiger charge is 2.20. The Bertz CT molecular complexity index is 399. The summed E-state index contributed by atoms with van der Waals surface area (Å²) in [6.45, 7) is 7.93. The van der Waals surface area contributed by atoms with E-state index in [9.17, 15) is 4.79 Å². The molecule has 0 aliphatic carbocycles. The molecule has 0 bridgehead atoms. The maximum absolute atomic E-state index is 12.6. The molecule has 0 aliphatic rings. The third-order valence-corrected chi connectivity index (χ3v) is 3.64. The van der Waals surface area contributed by atoms with Crippen LogP contribution >= 0.6 is 0 Å². The minimum absolute atomic E-state index is 0.0619. The molecule has 1 rings (SSSR count). The van der Waals surface area contributed by atoms with Crippen molar-refractivity contribution in [2.45, 2.75) is 33.6 Å². The van der Waals surface area contributed by atoms with Gasteiger partial charge in [-0.15, -0.1) is 0 Å². The van der Waals surface area contributed by atoms with Gasteiger partial charge in [0.25, 0.3) is 5.91 Å². The average Bonchev–Trinajstić information content (AvgIpc) is 2.48. The van der Waals surface area contributed by atoms with Crippen molar-refractivity contribution in [2.75, 3.05) is 20.2 Å². The van der Waals surface area contributed by atoms with Crippen molar-refractivity contribution in [1.29, 1.82) is 0 Å². The van der Waals surface area contributed by atoms with Gasteiger partial charge in [-0.05, 0) is 25.0 Å². The standard InChI is InChI=1S/C16H25NO2/c1-5-13(6-2)12-17(7-3)16(18)14-10-8-9-11-15(14)19-4/h8-11,13H,5-7,12H2,1-4H3. The molecule has 0 N–H and O–H groups in total. The van der Waals surface area contributed by atoms with Gasteiger partial charge in [0.2, 0.25) is 0 Å². The summed E-state index contributed by atoms with van der Waals surface area (Å²) in [5, 5.41) is 0. The van der Waals surface area contributed by atoms with Gasteiger partial charge in [-0.1, -0.05) is 38.8 Å². The number of benzene rings is 1. The number of methoxy groups -OCH3 is 1. The van der Waals surface area contributed by atoms with Crippen LogP contribution in [0.25, 0.3) is 0 Å². The van der Waals surface area contributed by atoms with Gasteiger partial charge >= 0.3 is 0 Å². The molecule has 1 aromatic rings. The van der Waals surface area contributed by atoms with E-state index in [2.05, 4.69) is 13.8 Å². The number of hydrogen-bond donors (Lipinski definition) is 0. The van der Waals surface area contributed by atoms with E-state index in [1.54, 1.807) is 7.11 Å². The Kier molecular flexibility index (Phi) is 6.40. The van der Waals surface area contributed by atoms with Crippen LogP contribution in [0.3, 0.4) is 0 Å². The molecule has 3 nitrogen and oxygen atoms in total. The van der Waals surface area contributed by atoms with Crippen LogP contribution in [0.1, 0.15) is 44.0 Å². The number of para-hydroxylation sites is 1. The molecule has 0 radical (unpaired) electrons. The maximum atomic E-state index is 12.6. The predicted octanol–water partition coefficient (Wildman–Crippen LogP) is 3.59. The molecule has 0 fully saturated rings. The molecule has 0 atom stereocenters. The van der Waals surface area contributed by atoms with E-state index in [0.29, 0.717) is 17.2 Å². The van der Waals surface area contributed by atoms with Crippen molar-refractivity contribution < 1.29 is 9.53 Å². The van der Waals surface area contributed by atoms with Gasteiger partial charge < -0.3 is 9.64 Å². The summed E-state index contributed by atoms with van der Waals surface area (Å²) in [4.78, 5) is 14.5. The summed E-state index contributed by atoms with van der Waals surface area (Å²) >= 11 is 0. The molecule has 0 heterocycles. The Hall–Kier alpha value is -1.51. The van der Waals surface area contributed by atoms with Gasteiger partial charge in [0.15, 0.2) is 0 Å². The van der Waals surface area contributed by atoms with Crippen LogP contribution < -0.4 is 4.74 Å². The summed E-state index contributed by atoms with van der Waals surface area (Å²) < 4.78 is 5.27. The first-order chi connectivity index (χ1) is 9.17. The molecule has 0 aromatic heterocycles. The van der Waals surface area contributed by atoms with E-state index >= 15 is 0 Å². The smallest absolute Gasteiger partial charge is 0.257 e. The molecule has 0 saturated carbocycles. The first kappa shape index (κ1) is 15.5. The highest BCUT2D eigenvalue weighted by molar-refractivity contribution is 5.96. The summed E-state index contributed by atoms with van der Waals surface area (Å²) in [5.74, 6) is 1.28. The van der Waals surface area contributed by atoms with E-state index in [1.165, 1.54) is 0 Å². The SMILES string of the molecule is CCC(CC)CN(CC)C(=O)c1ccccc1OC. The van der Waals surface area contributed by atoms with Gasteiger partial charge in [0, 0.05) is 13.1 Å². The lowest BCUT2D eigenvalue weighted by molar-refractivity contribution is 0.0731. The van der Waals surface area contributed by atoms with Crippen LogP contribution in [0.4, 0.5) is 0 Å². The molecule has 3 heteroatoms. The molecular weight excluding hydrogens is 238 g/mol. The van der Waals surface area contributed by atoms with E-state index in [1.807, 2.05) is 36.1 Å². The Morgan fingerprint density at radius 3 is 2.37 bits per heavy atom. The Balaban J connectivity index is 2.89. The lowest BCUT2D eigenvalue weighted by Gasteiger charge is -2.26.